The van der Waals surface area contributed by atoms with Gasteiger partial charge in [0.25, 0.3) is 0 Å². The number of aromatic nitrogens is 1. The number of fused-ring (bicyclic) bond motifs is 4. The van der Waals surface area contributed by atoms with Crippen molar-refractivity contribution in [2.45, 2.75) is 6.54 Å². The van der Waals surface area contributed by atoms with Crippen LogP contribution in [0.4, 0.5) is 0 Å². The Morgan fingerprint density at radius 1 is 0.914 bits per heavy atom. The van der Waals surface area contributed by atoms with E-state index >= 15 is 0 Å². The zero-order valence-electron chi connectivity index (χ0n) is 19.3. The van der Waals surface area contributed by atoms with Gasteiger partial charge in [-0.15, -0.1) is 0 Å². The second-order valence-corrected chi connectivity index (χ2v) is 8.10. The molecule has 0 fully saturated rings. The Balaban J connectivity index is 0.00000289. The van der Waals surface area contributed by atoms with E-state index in [9.17, 15) is 14.7 Å². The number of nitrogens with zero attached hydrogens (tertiary/aromatic N) is 1. The summed E-state index contributed by atoms with van der Waals surface area (Å²) >= 11 is 0. The smallest absolute Gasteiger partial charge is 0.546 e. The Bertz CT molecular complexity index is 1610. The quantitative estimate of drug-likeness (QED) is 0.278. The molecule has 0 aliphatic heterocycles. The van der Waals surface area contributed by atoms with Crippen LogP contribution in [0.25, 0.3) is 38.2 Å². The molecule has 0 radical (unpaired) electrons. The minimum Gasteiger partial charge on any atom is -0.546 e. The topological polar surface area (TPSA) is 97.4 Å². The normalized spacial score (nSPS) is 10.9. The van der Waals surface area contributed by atoms with Gasteiger partial charge >= 0.3 is 29.6 Å². The molecule has 0 aliphatic rings. The van der Waals surface area contributed by atoms with Gasteiger partial charge in [0.05, 0.1) is 22.4 Å². The number of benzene rings is 4. The van der Waals surface area contributed by atoms with E-state index in [-0.39, 0.29) is 35.1 Å². The number of carbonyl (C=O) groups is 2. The minimum atomic E-state index is -1.32. The predicted octanol–water partition coefficient (Wildman–Crippen LogP) is 0.627. The molecule has 7 heteroatoms. The minimum absolute atomic E-state index is 0. The van der Waals surface area contributed by atoms with Gasteiger partial charge in [0.15, 0.2) is 0 Å². The number of primary amides is 1. The summed E-state index contributed by atoms with van der Waals surface area (Å²) in [6, 6.07) is 25.3. The van der Waals surface area contributed by atoms with Crippen LogP contribution in [-0.4, -0.2) is 23.1 Å². The Morgan fingerprint density at radius 3 is 2.34 bits per heavy atom. The van der Waals surface area contributed by atoms with Gasteiger partial charge in [-0.2, -0.15) is 0 Å². The molecule has 1 heterocycles. The number of ether oxygens (including phenoxy) is 1. The van der Waals surface area contributed by atoms with Crippen molar-refractivity contribution in [3.05, 3.63) is 96.6 Å². The molecule has 0 saturated heterocycles. The van der Waals surface area contributed by atoms with Crippen molar-refractivity contribution in [3.63, 3.8) is 0 Å². The van der Waals surface area contributed by atoms with Crippen LogP contribution in [0, 0.1) is 0 Å². The maximum atomic E-state index is 12.1. The van der Waals surface area contributed by atoms with E-state index in [4.69, 9.17) is 10.5 Å². The van der Waals surface area contributed by atoms with Gasteiger partial charge in [-0.05, 0) is 28.6 Å². The van der Waals surface area contributed by atoms with Crippen molar-refractivity contribution in [3.8, 4) is 5.75 Å². The monoisotopic (exact) mass is 472 g/mol. The van der Waals surface area contributed by atoms with Gasteiger partial charge in [0, 0.05) is 22.9 Å². The van der Waals surface area contributed by atoms with E-state index in [1.54, 1.807) is 6.07 Å². The summed E-state index contributed by atoms with van der Waals surface area (Å²) < 4.78 is 7.97. The summed E-state index contributed by atoms with van der Waals surface area (Å²) in [6.07, 6.45) is 0. The van der Waals surface area contributed by atoms with Crippen LogP contribution in [0.5, 0.6) is 5.75 Å². The first-order chi connectivity index (χ1) is 16.5. The molecule has 35 heavy (non-hydrogen) atoms. The van der Waals surface area contributed by atoms with E-state index in [1.807, 2.05) is 66.7 Å². The van der Waals surface area contributed by atoms with Crippen molar-refractivity contribution in [1.29, 1.82) is 0 Å². The molecule has 2 N–H and O–H groups in total. The molecule has 5 rings (SSSR count). The van der Waals surface area contributed by atoms with E-state index in [2.05, 4.69) is 17.2 Å². The van der Waals surface area contributed by atoms with Gasteiger partial charge in [-0.25, -0.2) is 0 Å². The Morgan fingerprint density at radius 2 is 1.63 bits per heavy atom. The summed E-state index contributed by atoms with van der Waals surface area (Å²) in [4.78, 5) is 23.4. The van der Waals surface area contributed by atoms with Crippen LogP contribution in [0.1, 0.15) is 11.1 Å². The molecule has 1 amide bonds. The van der Waals surface area contributed by atoms with Crippen LogP contribution < -0.4 is 45.1 Å². The summed E-state index contributed by atoms with van der Waals surface area (Å²) in [6.45, 7) is 3.87. The fraction of sp³-hybridized carbons (Fsp3) is 0.0714. The number of rotatable bonds is 7. The number of carboxylic acids is 1. The van der Waals surface area contributed by atoms with Gasteiger partial charge in [-0.1, -0.05) is 73.3 Å². The van der Waals surface area contributed by atoms with E-state index in [0.717, 1.165) is 32.8 Å². The Labute approximate surface area is 223 Å². The molecule has 0 bridgehead atoms. The molecule has 0 spiro atoms. The first-order valence-electron chi connectivity index (χ1n) is 10.8. The molecule has 0 saturated carbocycles. The predicted molar refractivity (Wildman–Crippen MR) is 131 cm³/mol. The van der Waals surface area contributed by atoms with E-state index < -0.39 is 18.5 Å². The standard InChI is InChI=1S/C28H22N2O4.Na/c1-17(28(29)33)20-12-7-13-22-25(20)26-23(30(22)15-18-8-3-2-4-9-18)14-19-10-5-6-11-21(19)27(26)34-16-24(31)32;/h2-14H,1,15-16H2,(H2,29,33)(H,31,32);/q;+1/p-1. The molecule has 4 aromatic carbocycles. The maximum absolute atomic E-state index is 12.1. The molecule has 0 unspecified atom stereocenters. The maximum Gasteiger partial charge on any atom is 1.00 e. The fourth-order valence-corrected chi connectivity index (χ4v) is 4.51. The van der Waals surface area contributed by atoms with E-state index in [0.29, 0.717) is 23.2 Å². The summed E-state index contributed by atoms with van der Waals surface area (Å²) in [5.41, 5.74) is 9.13. The molecular formula is C28H21N2NaO4. The van der Waals surface area contributed by atoms with Crippen molar-refractivity contribution >= 4 is 50.0 Å². The largest absolute Gasteiger partial charge is 1.00 e. The van der Waals surface area contributed by atoms with Crippen molar-refractivity contribution in [2.24, 2.45) is 5.73 Å². The van der Waals surface area contributed by atoms with Gasteiger partial charge in [0.2, 0.25) is 5.91 Å². The molecule has 5 aromatic rings. The van der Waals surface area contributed by atoms with Crippen molar-refractivity contribution in [1.82, 2.24) is 4.57 Å². The number of carbonyl (C=O) groups excluding carboxylic acids is 2. The first-order valence-corrected chi connectivity index (χ1v) is 10.8. The third-order valence-electron chi connectivity index (χ3n) is 6.00. The van der Waals surface area contributed by atoms with Gasteiger partial charge in [0.1, 0.15) is 12.4 Å². The van der Waals surface area contributed by atoms with Crippen LogP contribution in [0.15, 0.2) is 85.4 Å². The van der Waals surface area contributed by atoms with Crippen LogP contribution >= 0.6 is 0 Å². The molecular weight excluding hydrogens is 451 g/mol. The summed E-state index contributed by atoms with van der Waals surface area (Å²) in [7, 11) is 0. The number of nitrogens with two attached hydrogens (primary N) is 1. The zero-order chi connectivity index (χ0) is 23.8. The number of hydrogen-bond donors (Lipinski definition) is 1. The second kappa shape index (κ2) is 9.96. The Hall–Kier alpha value is -3.58. The second-order valence-electron chi connectivity index (χ2n) is 8.10. The molecule has 0 aliphatic carbocycles. The third-order valence-corrected chi connectivity index (χ3v) is 6.00. The van der Waals surface area contributed by atoms with Crippen LogP contribution in [-0.2, 0) is 16.1 Å². The summed E-state index contributed by atoms with van der Waals surface area (Å²) in [5, 5.41) is 14.4. The first kappa shape index (κ1) is 24.5. The number of aliphatic carboxylic acids is 1. The summed E-state index contributed by atoms with van der Waals surface area (Å²) in [5.74, 6) is -1.54. The van der Waals surface area contributed by atoms with Crippen LogP contribution in [0.2, 0.25) is 0 Å². The average Bonchev–Trinajstić information content (AvgIpc) is 3.15. The molecule has 168 valence electrons. The number of carboxylic acid groups (broad SMARTS) is 1. The zero-order valence-corrected chi connectivity index (χ0v) is 21.3. The molecule has 0 atom stereocenters. The van der Waals surface area contributed by atoms with Gasteiger partial charge in [-0.3, -0.25) is 4.79 Å². The van der Waals surface area contributed by atoms with Crippen molar-refractivity contribution < 1.29 is 49.0 Å². The fourth-order valence-electron chi connectivity index (χ4n) is 4.51. The van der Waals surface area contributed by atoms with Crippen molar-refractivity contribution in [2.75, 3.05) is 6.61 Å². The van der Waals surface area contributed by atoms with Gasteiger partial charge < -0.3 is 24.9 Å². The van der Waals surface area contributed by atoms with E-state index in [1.165, 1.54) is 0 Å². The third kappa shape index (κ3) is 4.44. The number of amides is 1. The average molecular weight is 472 g/mol. The Kier molecular flexibility index (Phi) is 6.98. The molecule has 1 aromatic heterocycles. The molecule has 6 nitrogen and oxygen atoms in total. The SMILES string of the molecule is C=C(C(N)=O)c1cccc2c1c1c(OCC(=O)[O-])c3ccccc3cc1n2Cc1ccccc1.[Na+]. The van der Waals surface area contributed by atoms with Crippen LogP contribution in [0.3, 0.4) is 0 Å². The number of hydrogen-bond acceptors (Lipinski definition) is 4.